The smallest absolute Gasteiger partial charge is 0.323 e. The summed E-state index contributed by atoms with van der Waals surface area (Å²) in [6, 6.07) is 7.78. The highest BCUT2D eigenvalue weighted by Crippen LogP contribution is 2.27. The predicted molar refractivity (Wildman–Crippen MR) is 67.0 cm³/mol. The van der Waals surface area contributed by atoms with Gasteiger partial charge < -0.3 is 4.74 Å². The van der Waals surface area contributed by atoms with Crippen molar-refractivity contribution >= 4 is 17.6 Å². The average Bonchev–Trinajstić information content (AvgIpc) is 2.80. The van der Waals surface area contributed by atoms with Crippen molar-refractivity contribution in [3.05, 3.63) is 34.9 Å². The number of rotatable bonds is 3. The van der Waals surface area contributed by atoms with E-state index in [1.54, 1.807) is 0 Å². The van der Waals surface area contributed by atoms with E-state index < -0.39 is 0 Å². The molecular weight excluding hydrogens is 238 g/mol. The van der Waals surface area contributed by atoms with Gasteiger partial charge in [-0.25, -0.2) is 0 Å². The van der Waals surface area contributed by atoms with E-state index in [9.17, 15) is 4.79 Å². The minimum Gasteiger partial charge on any atom is -0.465 e. The summed E-state index contributed by atoms with van der Waals surface area (Å²) in [7, 11) is 0. The summed E-state index contributed by atoms with van der Waals surface area (Å²) in [6.07, 6.45) is 1.78. The van der Waals surface area contributed by atoms with E-state index in [0.717, 1.165) is 17.9 Å². The Morgan fingerprint density at radius 2 is 2.12 bits per heavy atom. The summed E-state index contributed by atoms with van der Waals surface area (Å²) in [4.78, 5) is 11.6. The average molecular weight is 254 g/mol. The first kappa shape index (κ1) is 12.4. The minimum absolute atomic E-state index is 0.149. The summed E-state index contributed by atoms with van der Waals surface area (Å²) in [5.41, 5.74) is 1.17. The summed E-state index contributed by atoms with van der Waals surface area (Å²) in [6.45, 7) is 2.26. The number of hydrogen-bond acceptors (Lipinski definition) is 3. The Hall–Kier alpha value is -1.06. The van der Waals surface area contributed by atoms with Crippen molar-refractivity contribution in [3.8, 4) is 0 Å². The van der Waals surface area contributed by atoms with Gasteiger partial charge in [0, 0.05) is 11.1 Å². The van der Waals surface area contributed by atoms with Gasteiger partial charge in [0.2, 0.25) is 0 Å². The van der Waals surface area contributed by atoms with E-state index in [-0.39, 0.29) is 18.1 Å². The Kier molecular flexibility index (Phi) is 4.02. The second-order valence-electron chi connectivity index (χ2n) is 4.15. The molecule has 0 aromatic heterocycles. The lowest BCUT2D eigenvalue weighted by molar-refractivity contribution is -0.145. The summed E-state index contributed by atoms with van der Waals surface area (Å²) < 4.78 is 5.01. The molecule has 1 aromatic rings. The molecule has 92 valence electrons. The van der Waals surface area contributed by atoms with E-state index in [1.165, 1.54) is 5.56 Å². The van der Waals surface area contributed by atoms with Gasteiger partial charge in [0.1, 0.15) is 6.04 Å². The molecule has 0 amide bonds. The fraction of sp³-hybridized carbons (Fsp3) is 0.462. The second-order valence-corrected chi connectivity index (χ2v) is 4.59. The number of nitrogens with one attached hydrogen (secondary N) is 1. The molecule has 1 heterocycles. The van der Waals surface area contributed by atoms with Crippen LogP contribution in [0.1, 0.15) is 31.4 Å². The van der Waals surface area contributed by atoms with Gasteiger partial charge in [-0.1, -0.05) is 23.7 Å². The van der Waals surface area contributed by atoms with Crippen molar-refractivity contribution in [2.24, 2.45) is 0 Å². The van der Waals surface area contributed by atoms with E-state index in [4.69, 9.17) is 16.3 Å². The molecule has 1 aliphatic heterocycles. The maximum absolute atomic E-state index is 11.6. The van der Waals surface area contributed by atoms with Crippen LogP contribution in [0, 0.1) is 0 Å². The summed E-state index contributed by atoms with van der Waals surface area (Å²) >= 11 is 5.84. The molecule has 2 unspecified atom stereocenters. The van der Waals surface area contributed by atoms with Gasteiger partial charge in [-0.15, -0.1) is 0 Å². The van der Waals surface area contributed by atoms with Gasteiger partial charge >= 0.3 is 5.97 Å². The highest BCUT2D eigenvalue weighted by Gasteiger charge is 2.30. The molecule has 2 atom stereocenters. The van der Waals surface area contributed by atoms with Crippen LogP contribution in [0.25, 0.3) is 0 Å². The van der Waals surface area contributed by atoms with Crippen LogP contribution in [0.4, 0.5) is 0 Å². The molecule has 1 aromatic carbocycles. The monoisotopic (exact) mass is 253 g/mol. The van der Waals surface area contributed by atoms with E-state index in [2.05, 4.69) is 5.32 Å². The minimum atomic E-state index is -0.171. The molecule has 0 bridgehead atoms. The van der Waals surface area contributed by atoms with Crippen LogP contribution >= 0.6 is 11.6 Å². The zero-order valence-corrected chi connectivity index (χ0v) is 10.5. The van der Waals surface area contributed by atoms with Gasteiger partial charge in [-0.05, 0) is 37.5 Å². The van der Waals surface area contributed by atoms with Crippen LogP contribution in [-0.2, 0) is 9.53 Å². The van der Waals surface area contributed by atoms with Gasteiger partial charge in [-0.2, -0.15) is 0 Å². The normalized spacial score (nSPS) is 23.6. The summed E-state index contributed by atoms with van der Waals surface area (Å²) in [5, 5.41) is 4.02. The van der Waals surface area contributed by atoms with Crippen LogP contribution in [0.3, 0.4) is 0 Å². The van der Waals surface area contributed by atoms with Crippen molar-refractivity contribution in [2.45, 2.75) is 31.8 Å². The molecule has 1 saturated heterocycles. The Labute approximate surface area is 106 Å². The molecule has 0 aliphatic carbocycles. The van der Waals surface area contributed by atoms with Gasteiger partial charge in [0.05, 0.1) is 6.61 Å². The van der Waals surface area contributed by atoms with Gasteiger partial charge in [0.15, 0.2) is 0 Å². The first-order valence-electron chi connectivity index (χ1n) is 5.89. The highest BCUT2D eigenvalue weighted by molar-refractivity contribution is 6.30. The van der Waals surface area contributed by atoms with Gasteiger partial charge in [-0.3, -0.25) is 10.1 Å². The fourth-order valence-electron chi connectivity index (χ4n) is 2.13. The molecular formula is C13H16ClNO2. The third-order valence-corrected chi connectivity index (χ3v) is 3.24. The molecule has 0 spiro atoms. The van der Waals surface area contributed by atoms with E-state index >= 15 is 0 Å². The van der Waals surface area contributed by atoms with Gasteiger partial charge in [0.25, 0.3) is 0 Å². The van der Waals surface area contributed by atoms with Crippen LogP contribution in [0.15, 0.2) is 24.3 Å². The van der Waals surface area contributed by atoms with E-state index in [1.807, 2.05) is 31.2 Å². The first-order chi connectivity index (χ1) is 8.20. The Balaban J connectivity index is 1.98. The van der Waals surface area contributed by atoms with Crippen LogP contribution < -0.4 is 5.32 Å². The highest BCUT2D eigenvalue weighted by atomic mass is 35.5. The zero-order chi connectivity index (χ0) is 12.3. The predicted octanol–water partition coefficient (Wildman–Crippen LogP) is 2.70. The molecule has 0 radical (unpaired) electrons. The molecule has 1 N–H and O–H groups in total. The topological polar surface area (TPSA) is 38.3 Å². The number of halogens is 1. The maximum Gasteiger partial charge on any atom is 0.323 e. The van der Waals surface area contributed by atoms with Crippen molar-refractivity contribution in [1.82, 2.24) is 5.32 Å². The quantitative estimate of drug-likeness (QED) is 0.842. The lowest BCUT2D eigenvalue weighted by Gasteiger charge is -2.13. The van der Waals surface area contributed by atoms with Crippen LogP contribution in [0.2, 0.25) is 5.02 Å². The number of hydrogen-bond donors (Lipinski definition) is 1. The SMILES string of the molecule is CCOC(=O)C1CCC(c2ccc(Cl)cc2)N1. The molecule has 0 saturated carbocycles. The van der Waals surface area contributed by atoms with Crippen molar-refractivity contribution in [1.29, 1.82) is 0 Å². The molecule has 17 heavy (non-hydrogen) atoms. The Morgan fingerprint density at radius 1 is 1.41 bits per heavy atom. The number of benzene rings is 1. The fourth-order valence-corrected chi connectivity index (χ4v) is 2.26. The maximum atomic E-state index is 11.6. The number of carbonyl (C=O) groups excluding carboxylic acids is 1. The Bertz CT molecular complexity index is 391. The third-order valence-electron chi connectivity index (χ3n) is 2.99. The largest absolute Gasteiger partial charge is 0.465 e. The lowest BCUT2D eigenvalue weighted by atomic mass is 10.1. The second kappa shape index (κ2) is 5.52. The molecule has 1 aliphatic rings. The number of carbonyl (C=O) groups is 1. The lowest BCUT2D eigenvalue weighted by Crippen LogP contribution is -2.33. The standard InChI is InChI=1S/C13H16ClNO2/c1-2-17-13(16)12-8-7-11(15-12)9-3-5-10(14)6-4-9/h3-6,11-12,15H,2,7-8H2,1H3. The van der Waals surface area contributed by atoms with Crippen molar-refractivity contribution in [2.75, 3.05) is 6.61 Å². The summed E-state index contributed by atoms with van der Waals surface area (Å²) in [5.74, 6) is -0.149. The number of esters is 1. The van der Waals surface area contributed by atoms with Crippen molar-refractivity contribution < 1.29 is 9.53 Å². The van der Waals surface area contributed by atoms with Crippen molar-refractivity contribution in [3.63, 3.8) is 0 Å². The third kappa shape index (κ3) is 2.99. The van der Waals surface area contributed by atoms with Crippen LogP contribution in [-0.4, -0.2) is 18.6 Å². The van der Waals surface area contributed by atoms with Crippen LogP contribution in [0.5, 0.6) is 0 Å². The number of ether oxygens (including phenoxy) is 1. The van der Waals surface area contributed by atoms with E-state index in [0.29, 0.717) is 6.61 Å². The molecule has 4 heteroatoms. The molecule has 1 fully saturated rings. The molecule has 3 nitrogen and oxygen atoms in total. The zero-order valence-electron chi connectivity index (χ0n) is 9.78. The first-order valence-corrected chi connectivity index (χ1v) is 6.26. The molecule has 2 rings (SSSR count). The Morgan fingerprint density at radius 3 is 2.76 bits per heavy atom.